The van der Waals surface area contributed by atoms with E-state index in [1.807, 2.05) is 0 Å². The van der Waals surface area contributed by atoms with Gasteiger partial charge < -0.3 is 15.4 Å². The molecule has 0 amide bonds. The molecular formula is C13H28IN3O2. The molecule has 0 aromatic heterocycles. The van der Waals surface area contributed by atoms with E-state index in [0.717, 1.165) is 38.3 Å². The highest BCUT2D eigenvalue weighted by Crippen LogP contribution is 1.99. The molecule has 0 saturated carbocycles. The first-order chi connectivity index (χ1) is 8.60. The van der Waals surface area contributed by atoms with Crippen molar-refractivity contribution in [1.29, 1.82) is 0 Å². The Kier molecular flexibility index (Phi) is 15.2. The van der Waals surface area contributed by atoms with Crippen LogP contribution in [0.25, 0.3) is 0 Å². The Morgan fingerprint density at radius 3 is 2.42 bits per heavy atom. The lowest BCUT2D eigenvalue weighted by molar-refractivity contribution is -0.140. The van der Waals surface area contributed by atoms with Crippen LogP contribution in [0.2, 0.25) is 0 Å². The van der Waals surface area contributed by atoms with Crippen LogP contribution in [0.5, 0.6) is 0 Å². The molecule has 0 saturated heterocycles. The van der Waals surface area contributed by atoms with Gasteiger partial charge in [-0.2, -0.15) is 0 Å². The molecule has 0 aromatic rings. The molecule has 0 bridgehead atoms. The number of methoxy groups -OCH3 is 1. The zero-order chi connectivity index (χ0) is 13.8. The van der Waals surface area contributed by atoms with Crippen LogP contribution in [-0.2, 0) is 9.53 Å². The average molecular weight is 385 g/mol. The number of nitrogens with one attached hydrogen (secondary N) is 2. The van der Waals surface area contributed by atoms with E-state index >= 15 is 0 Å². The number of nitrogens with zero attached hydrogens (tertiary/aromatic N) is 1. The van der Waals surface area contributed by atoms with E-state index in [9.17, 15) is 4.79 Å². The quantitative estimate of drug-likeness (QED) is 0.221. The summed E-state index contributed by atoms with van der Waals surface area (Å²) in [7, 11) is 3.20. The van der Waals surface area contributed by atoms with Gasteiger partial charge in [0.25, 0.3) is 0 Å². The van der Waals surface area contributed by atoms with Gasteiger partial charge in [-0.05, 0) is 18.8 Å². The molecule has 0 aliphatic rings. The van der Waals surface area contributed by atoms with Gasteiger partial charge in [0.1, 0.15) is 0 Å². The van der Waals surface area contributed by atoms with Crippen LogP contribution in [0, 0.1) is 5.92 Å². The van der Waals surface area contributed by atoms with Gasteiger partial charge in [-0.3, -0.25) is 9.79 Å². The van der Waals surface area contributed by atoms with Crippen molar-refractivity contribution in [3.8, 4) is 0 Å². The summed E-state index contributed by atoms with van der Waals surface area (Å²) >= 11 is 0. The van der Waals surface area contributed by atoms with Crippen molar-refractivity contribution in [2.24, 2.45) is 10.9 Å². The highest BCUT2D eigenvalue weighted by Gasteiger charge is 2.00. The third-order valence-corrected chi connectivity index (χ3v) is 2.48. The molecule has 0 radical (unpaired) electrons. The first-order valence-electron chi connectivity index (χ1n) is 6.61. The van der Waals surface area contributed by atoms with Crippen molar-refractivity contribution in [3.63, 3.8) is 0 Å². The summed E-state index contributed by atoms with van der Waals surface area (Å²) < 4.78 is 4.58. The van der Waals surface area contributed by atoms with E-state index in [2.05, 4.69) is 34.2 Å². The van der Waals surface area contributed by atoms with Gasteiger partial charge in [-0.25, -0.2) is 0 Å². The lowest BCUT2D eigenvalue weighted by atomic mass is 10.2. The Labute approximate surface area is 134 Å². The third kappa shape index (κ3) is 13.7. The normalized spacial score (nSPS) is 10.9. The van der Waals surface area contributed by atoms with Crippen LogP contribution >= 0.6 is 24.0 Å². The lowest BCUT2D eigenvalue weighted by Crippen LogP contribution is -2.39. The Balaban J connectivity index is 0. The van der Waals surface area contributed by atoms with Gasteiger partial charge >= 0.3 is 5.97 Å². The highest BCUT2D eigenvalue weighted by atomic mass is 127. The molecule has 2 N–H and O–H groups in total. The van der Waals surface area contributed by atoms with E-state index in [1.165, 1.54) is 7.11 Å². The Bertz CT molecular complexity index is 258. The average Bonchev–Trinajstić information content (AvgIpc) is 2.36. The number of guanidine groups is 1. The predicted molar refractivity (Wildman–Crippen MR) is 90.1 cm³/mol. The number of halogens is 1. The Hall–Kier alpha value is -0.530. The Morgan fingerprint density at radius 1 is 1.21 bits per heavy atom. The summed E-state index contributed by atoms with van der Waals surface area (Å²) in [6.45, 7) is 6.11. The standard InChI is InChI=1S/C13H27N3O2.HI/c1-11(2)10-16-13(14-3)15-9-7-5-6-8-12(17)18-4;/h11H,5-10H2,1-4H3,(H2,14,15,16);1H. The number of rotatable bonds is 8. The number of esters is 1. The molecule has 0 unspecified atom stereocenters. The van der Waals surface area contributed by atoms with E-state index < -0.39 is 0 Å². The first-order valence-corrected chi connectivity index (χ1v) is 6.61. The van der Waals surface area contributed by atoms with Gasteiger partial charge in [0, 0.05) is 26.6 Å². The van der Waals surface area contributed by atoms with Crippen molar-refractivity contribution >= 4 is 35.9 Å². The second kappa shape index (κ2) is 13.9. The molecule has 0 aliphatic carbocycles. The number of ether oxygens (including phenoxy) is 1. The van der Waals surface area contributed by atoms with Crippen molar-refractivity contribution in [2.75, 3.05) is 27.2 Å². The molecule has 0 spiro atoms. The third-order valence-electron chi connectivity index (χ3n) is 2.48. The second-order valence-electron chi connectivity index (χ2n) is 4.66. The van der Waals surface area contributed by atoms with Crippen LogP contribution in [0.4, 0.5) is 0 Å². The number of hydrogen-bond acceptors (Lipinski definition) is 3. The van der Waals surface area contributed by atoms with Gasteiger partial charge in [0.05, 0.1) is 7.11 Å². The summed E-state index contributed by atoms with van der Waals surface area (Å²) in [5, 5.41) is 6.50. The zero-order valence-corrected chi connectivity index (χ0v) is 14.8. The largest absolute Gasteiger partial charge is 0.469 e. The summed E-state index contributed by atoms with van der Waals surface area (Å²) in [4.78, 5) is 15.0. The van der Waals surface area contributed by atoms with Crippen LogP contribution in [0.15, 0.2) is 4.99 Å². The molecule has 0 aliphatic heterocycles. The van der Waals surface area contributed by atoms with Gasteiger partial charge in [0.15, 0.2) is 5.96 Å². The number of aliphatic imine (C=N–C) groups is 1. The van der Waals surface area contributed by atoms with E-state index in [1.54, 1.807) is 7.05 Å². The molecule has 19 heavy (non-hydrogen) atoms. The first kappa shape index (κ1) is 20.8. The minimum Gasteiger partial charge on any atom is -0.469 e. The number of unbranched alkanes of at least 4 members (excludes halogenated alkanes) is 2. The topological polar surface area (TPSA) is 62.7 Å². The second-order valence-corrected chi connectivity index (χ2v) is 4.66. The predicted octanol–water partition coefficient (Wildman–Crippen LogP) is 2.16. The van der Waals surface area contributed by atoms with Crippen molar-refractivity contribution in [1.82, 2.24) is 10.6 Å². The maximum Gasteiger partial charge on any atom is 0.305 e. The minimum atomic E-state index is -0.127. The fourth-order valence-electron chi connectivity index (χ4n) is 1.40. The fourth-order valence-corrected chi connectivity index (χ4v) is 1.40. The summed E-state index contributed by atoms with van der Waals surface area (Å²) in [5.41, 5.74) is 0. The summed E-state index contributed by atoms with van der Waals surface area (Å²) in [5.74, 6) is 1.32. The molecule has 0 rings (SSSR count). The van der Waals surface area contributed by atoms with E-state index in [0.29, 0.717) is 12.3 Å². The minimum absolute atomic E-state index is 0. The number of hydrogen-bond donors (Lipinski definition) is 2. The Morgan fingerprint density at radius 2 is 1.89 bits per heavy atom. The maximum atomic E-state index is 10.9. The van der Waals surface area contributed by atoms with Crippen LogP contribution in [0.3, 0.4) is 0 Å². The number of carbonyl (C=O) groups is 1. The highest BCUT2D eigenvalue weighted by molar-refractivity contribution is 14.0. The SMILES string of the molecule is CN=C(NCCCCCC(=O)OC)NCC(C)C.I. The monoisotopic (exact) mass is 385 g/mol. The van der Waals surface area contributed by atoms with E-state index in [4.69, 9.17) is 0 Å². The molecule has 6 heteroatoms. The molecule has 0 atom stereocenters. The molecule has 5 nitrogen and oxygen atoms in total. The van der Waals surface area contributed by atoms with Crippen molar-refractivity contribution < 1.29 is 9.53 Å². The van der Waals surface area contributed by atoms with Gasteiger partial charge in [-0.15, -0.1) is 24.0 Å². The molecule has 0 aromatic carbocycles. The van der Waals surface area contributed by atoms with Crippen molar-refractivity contribution in [2.45, 2.75) is 39.5 Å². The lowest BCUT2D eigenvalue weighted by Gasteiger charge is -2.13. The maximum absolute atomic E-state index is 10.9. The van der Waals surface area contributed by atoms with Crippen LogP contribution in [-0.4, -0.2) is 39.2 Å². The van der Waals surface area contributed by atoms with E-state index in [-0.39, 0.29) is 29.9 Å². The van der Waals surface area contributed by atoms with Crippen molar-refractivity contribution in [3.05, 3.63) is 0 Å². The summed E-state index contributed by atoms with van der Waals surface area (Å²) in [6, 6.07) is 0. The smallest absolute Gasteiger partial charge is 0.305 e. The molecule has 0 fully saturated rings. The molecule has 0 heterocycles. The molecular weight excluding hydrogens is 357 g/mol. The van der Waals surface area contributed by atoms with Crippen LogP contribution in [0.1, 0.15) is 39.5 Å². The van der Waals surface area contributed by atoms with Gasteiger partial charge in [0.2, 0.25) is 0 Å². The summed E-state index contributed by atoms with van der Waals surface area (Å²) in [6.07, 6.45) is 3.44. The zero-order valence-electron chi connectivity index (χ0n) is 12.5. The number of carbonyl (C=O) groups excluding carboxylic acids is 1. The van der Waals surface area contributed by atoms with Gasteiger partial charge in [-0.1, -0.05) is 20.3 Å². The van der Waals surface area contributed by atoms with Crippen LogP contribution < -0.4 is 10.6 Å². The molecule has 114 valence electrons. The fraction of sp³-hybridized carbons (Fsp3) is 0.846.